The molecule has 0 heterocycles. The monoisotopic (exact) mass is 168 g/mol. The fraction of sp³-hybridized carbons (Fsp3) is 0.111. The van der Waals surface area contributed by atoms with Gasteiger partial charge in [-0.25, -0.2) is 0 Å². The van der Waals surface area contributed by atoms with Crippen LogP contribution >= 0.6 is 11.6 Å². The van der Waals surface area contributed by atoms with Gasteiger partial charge in [-0.2, -0.15) is 0 Å². The first-order chi connectivity index (χ1) is 5.33. The summed E-state index contributed by atoms with van der Waals surface area (Å²) in [4.78, 5) is 0. The maximum atomic E-state index is 5.69. The van der Waals surface area contributed by atoms with Crippen LogP contribution in [0.3, 0.4) is 0 Å². The van der Waals surface area contributed by atoms with Gasteiger partial charge >= 0.3 is 0 Å². The highest BCUT2D eigenvalue weighted by Gasteiger charge is 1.85. The van der Waals surface area contributed by atoms with Crippen LogP contribution in [-0.4, -0.2) is 7.11 Å². The van der Waals surface area contributed by atoms with Crippen molar-refractivity contribution < 1.29 is 4.74 Å². The Morgan fingerprint density at radius 2 is 1.91 bits per heavy atom. The first kappa shape index (κ1) is 8.15. The van der Waals surface area contributed by atoms with Crippen molar-refractivity contribution in [2.24, 2.45) is 0 Å². The van der Waals surface area contributed by atoms with Crippen molar-refractivity contribution in [2.75, 3.05) is 7.11 Å². The van der Waals surface area contributed by atoms with Gasteiger partial charge < -0.3 is 4.74 Å². The number of methoxy groups -OCH3 is 1. The normalized spacial score (nSPS) is 10.4. The van der Waals surface area contributed by atoms with Crippen LogP contribution in [0, 0.1) is 0 Å². The van der Waals surface area contributed by atoms with E-state index in [0.717, 1.165) is 10.6 Å². The first-order valence-electron chi connectivity index (χ1n) is 3.28. The minimum atomic E-state index is 0.750. The lowest BCUT2D eigenvalue weighted by Crippen LogP contribution is -1.71. The molecule has 1 aromatic rings. The summed E-state index contributed by atoms with van der Waals surface area (Å²) in [7, 11) is 1.62. The van der Waals surface area contributed by atoms with Crippen LogP contribution in [0.4, 0.5) is 0 Å². The molecule has 0 bridgehead atoms. The van der Waals surface area contributed by atoms with Crippen molar-refractivity contribution in [1.29, 1.82) is 0 Å². The van der Waals surface area contributed by atoms with E-state index in [-0.39, 0.29) is 0 Å². The SMILES string of the molecule is COC=Cc1ccc(Cl)cc1. The van der Waals surface area contributed by atoms with Gasteiger partial charge in [-0.15, -0.1) is 0 Å². The standard InChI is InChI=1S/C9H9ClO/c1-11-7-6-8-2-4-9(10)5-3-8/h2-7H,1H3. The van der Waals surface area contributed by atoms with Crippen LogP contribution in [0.1, 0.15) is 5.56 Å². The summed E-state index contributed by atoms with van der Waals surface area (Å²) in [6, 6.07) is 7.55. The van der Waals surface area contributed by atoms with Crippen LogP contribution < -0.4 is 0 Å². The van der Waals surface area contributed by atoms with Crippen LogP contribution in [0.5, 0.6) is 0 Å². The molecule has 0 amide bonds. The number of ether oxygens (including phenoxy) is 1. The summed E-state index contributed by atoms with van der Waals surface area (Å²) >= 11 is 5.69. The Balaban J connectivity index is 2.73. The average molecular weight is 169 g/mol. The van der Waals surface area contributed by atoms with Crippen molar-refractivity contribution in [1.82, 2.24) is 0 Å². The smallest absolute Gasteiger partial charge is 0.0830 e. The second-order valence-corrected chi connectivity index (χ2v) is 2.53. The minimum absolute atomic E-state index is 0.750. The number of halogens is 1. The lowest BCUT2D eigenvalue weighted by molar-refractivity contribution is 0.341. The zero-order chi connectivity index (χ0) is 8.10. The lowest BCUT2D eigenvalue weighted by Gasteiger charge is -1.92. The Bertz CT molecular complexity index is 238. The third-order valence-electron chi connectivity index (χ3n) is 1.27. The third kappa shape index (κ3) is 2.64. The van der Waals surface area contributed by atoms with E-state index in [1.807, 2.05) is 30.3 Å². The molecular formula is C9H9ClO. The quantitative estimate of drug-likeness (QED) is 0.617. The van der Waals surface area contributed by atoms with Crippen LogP contribution in [0.2, 0.25) is 5.02 Å². The molecule has 58 valence electrons. The molecule has 0 unspecified atom stereocenters. The largest absolute Gasteiger partial charge is 0.504 e. The topological polar surface area (TPSA) is 9.23 Å². The Kier molecular flexibility index (Phi) is 2.99. The molecule has 0 aliphatic rings. The summed E-state index contributed by atoms with van der Waals surface area (Å²) in [5.74, 6) is 0. The predicted molar refractivity (Wildman–Crippen MR) is 47.5 cm³/mol. The van der Waals surface area contributed by atoms with Gasteiger partial charge in [0, 0.05) is 5.02 Å². The van der Waals surface area contributed by atoms with Gasteiger partial charge in [-0.1, -0.05) is 23.7 Å². The zero-order valence-corrected chi connectivity index (χ0v) is 7.01. The van der Waals surface area contributed by atoms with Crippen molar-refractivity contribution in [3.63, 3.8) is 0 Å². The Hall–Kier alpha value is -0.950. The van der Waals surface area contributed by atoms with Gasteiger partial charge in [0.1, 0.15) is 0 Å². The highest BCUT2D eigenvalue weighted by molar-refractivity contribution is 6.30. The molecule has 0 radical (unpaired) electrons. The molecule has 0 aromatic heterocycles. The van der Waals surface area contributed by atoms with Gasteiger partial charge in [0.25, 0.3) is 0 Å². The summed E-state index contributed by atoms with van der Waals surface area (Å²) in [5.41, 5.74) is 1.08. The molecule has 0 aliphatic heterocycles. The molecule has 11 heavy (non-hydrogen) atoms. The molecular weight excluding hydrogens is 160 g/mol. The second kappa shape index (κ2) is 4.04. The lowest BCUT2D eigenvalue weighted by atomic mass is 10.2. The molecule has 0 aliphatic carbocycles. The Labute approximate surface area is 71.3 Å². The summed E-state index contributed by atoms with van der Waals surface area (Å²) < 4.78 is 4.76. The first-order valence-corrected chi connectivity index (χ1v) is 3.65. The van der Waals surface area contributed by atoms with E-state index in [0.29, 0.717) is 0 Å². The Morgan fingerprint density at radius 1 is 1.27 bits per heavy atom. The van der Waals surface area contributed by atoms with E-state index >= 15 is 0 Å². The van der Waals surface area contributed by atoms with Crippen molar-refractivity contribution >= 4 is 17.7 Å². The Morgan fingerprint density at radius 3 is 2.45 bits per heavy atom. The van der Waals surface area contributed by atoms with Gasteiger partial charge in [-0.05, 0) is 23.8 Å². The third-order valence-corrected chi connectivity index (χ3v) is 1.52. The van der Waals surface area contributed by atoms with E-state index in [2.05, 4.69) is 0 Å². The molecule has 0 N–H and O–H groups in total. The van der Waals surface area contributed by atoms with Crippen LogP contribution in [-0.2, 0) is 4.74 Å². The van der Waals surface area contributed by atoms with Gasteiger partial charge in [0.05, 0.1) is 13.4 Å². The molecule has 0 spiro atoms. The maximum Gasteiger partial charge on any atom is 0.0830 e. The second-order valence-electron chi connectivity index (χ2n) is 2.09. The van der Waals surface area contributed by atoms with Crippen molar-refractivity contribution in [3.8, 4) is 0 Å². The molecule has 0 atom stereocenters. The van der Waals surface area contributed by atoms with E-state index in [1.165, 1.54) is 0 Å². The number of hydrogen-bond donors (Lipinski definition) is 0. The molecule has 1 rings (SSSR count). The maximum absolute atomic E-state index is 5.69. The predicted octanol–water partition coefficient (Wildman–Crippen LogP) is 2.96. The molecule has 1 nitrogen and oxygen atoms in total. The van der Waals surface area contributed by atoms with E-state index in [9.17, 15) is 0 Å². The van der Waals surface area contributed by atoms with Crippen LogP contribution in [0.25, 0.3) is 6.08 Å². The average Bonchev–Trinajstić information content (AvgIpc) is 2.04. The van der Waals surface area contributed by atoms with Gasteiger partial charge in [0.2, 0.25) is 0 Å². The van der Waals surface area contributed by atoms with E-state index in [4.69, 9.17) is 16.3 Å². The van der Waals surface area contributed by atoms with E-state index in [1.54, 1.807) is 13.4 Å². The fourth-order valence-electron chi connectivity index (χ4n) is 0.721. The number of rotatable bonds is 2. The van der Waals surface area contributed by atoms with Gasteiger partial charge in [0.15, 0.2) is 0 Å². The van der Waals surface area contributed by atoms with E-state index < -0.39 is 0 Å². The highest BCUT2D eigenvalue weighted by Crippen LogP contribution is 2.10. The molecule has 1 aromatic carbocycles. The molecule has 0 saturated carbocycles. The molecule has 0 saturated heterocycles. The summed E-state index contributed by atoms with van der Waals surface area (Å²) in [5, 5.41) is 0.750. The fourth-order valence-corrected chi connectivity index (χ4v) is 0.846. The van der Waals surface area contributed by atoms with Crippen LogP contribution in [0.15, 0.2) is 30.5 Å². The summed E-state index contributed by atoms with van der Waals surface area (Å²) in [6.45, 7) is 0. The number of hydrogen-bond acceptors (Lipinski definition) is 1. The minimum Gasteiger partial charge on any atom is -0.504 e. The van der Waals surface area contributed by atoms with Crippen molar-refractivity contribution in [3.05, 3.63) is 41.1 Å². The molecule has 0 fully saturated rings. The van der Waals surface area contributed by atoms with Crippen molar-refractivity contribution in [2.45, 2.75) is 0 Å². The zero-order valence-electron chi connectivity index (χ0n) is 6.25. The number of benzene rings is 1. The summed E-state index contributed by atoms with van der Waals surface area (Å²) in [6.07, 6.45) is 3.50. The highest BCUT2D eigenvalue weighted by atomic mass is 35.5. The molecule has 2 heteroatoms. The van der Waals surface area contributed by atoms with Gasteiger partial charge in [-0.3, -0.25) is 0 Å².